The Morgan fingerprint density at radius 1 is 1.28 bits per heavy atom. The van der Waals surface area contributed by atoms with Crippen LogP contribution >= 0.6 is 0 Å². The third-order valence-electron chi connectivity index (χ3n) is 5.54. The molecule has 6 nitrogen and oxygen atoms in total. The van der Waals surface area contributed by atoms with E-state index in [1.54, 1.807) is 0 Å². The van der Waals surface area contributed by atoms with Crippen LogP contribution < -0.4 is 0 Å². The molecule has 1 saturated carbocycles. The fraction of sp³-hybridized carbons (Fsp3) is 0.842. The fourth-order valence-corrected chi connectivity index (χ4v) is 3.86. The van der Waals surface area contributed by atoms with E-state index in [4.69, 9.17) is 9.26 Å². The smallest absolute Gasteiger partial charge is 0.248 e. The minimum Gasteiger partial charge on any atom is -0.368 e. The summed E-state index contributed by atoms with van der Waals surface area (Å²) in [4.78, 5) is 19.0. The number of carbonyl (C=O) groups excluding carboxylic acids is 1. The Bertz CT molecular complexity index is 572. The molecule has 0 radical (unpaired) electrons. The highest BCUT2D eigenvalue weighted by molar-refractivity contribution is 5.77. The number of rotatable bonds is 5. The van der Waals surface area contributed by atoms with Gasteiger partial charge in [0.2, 0.25) is 11.8 Å². The predicted octanol–water partition coefficient (Wildman–Crippen LogP) is 3.49. The SMILES string of the molecule is CC(C)c1nc([C@@H]2CCCN(C(=O)CO[C@@H]3CCCC[C@H]3C)C2)no1. The summed E-state index contributed by atoms with van der Waals surface area (Å²) in [7, 11) is 0. The predicted molar refractivity (Wildman–Crippen MR) is 94.3 cm³/mol. The van der Waals surface area contributed by atoms with Crippen LogP contribution in [0.1, 0.15) is 82.8 Å². The molecule has 1 aliphatic carbocycles. The van der Waals surface area contributed by atoms with Crippen LogP contribution in [0.5, 0.6) is 0 Å². The number of ether oxygens (including phenoxy) is 1. The first-order chi connectivity index (χ1) is 12.0. The van der Waals surface area contributed by atoms with E-state index in [2.05, 4.69) is 17.1 Å². The minimum atomic E-state index is 0.0926. The van der Waals surface area contributed by atoms with Crippen molar-refractivity contribution in [2.24, 2.45) is 5.92 Å². The summed E-state index contributed by atoms with van der Waals surface area (Å²) in [6, 6.07) is 0. The highest BCUT2D eigenvalue weighted by Gasteiger charge is 2.29. The monoisotopic (exact) mass is 349 g/mol. The normalized spacial score (nSPS) is 27.7. The first-order valence-electron chi connectivity index (χ1n) is 9.77. The lowest BCUT2D eigenvalue weighted by Gasteiger charge is -2.33. The van der Waals surface area contributed by atoms with Crippen LogP contribution in [-0.4, -0.2) is 46.7 Å². The van der Waals surface area contributed by atoms with Crippen molar-refractivity contribution in [2.75, 3.05) is 19.7 Å². The van der Waals surface area contributed by atoms with Gasteiger partial charge in [-0.15, -0.1) is 0 Å². The van der Waals surface area contributed by atoms with Gasteiger partial charge >= 0.3 is 0 Å². The number of aromatic nitrogens is 2. The van der Waals surface area contributed by atoms with E-state index in [0.717, 1.165) is 31.6 Å². The number of piperidine rings is 1. The maximum absolute atomic E-state index is 12.6. The van der Waals surface area contributed by atoms with Crippen molar-refractivity contribution in [3.8, 4) is 0 Å². The van der Waals surface area contributed by atoms with Crippen LogP contribution in [-0.2, 0) is 9.53 Å². The van der Waals surface area contributed by atoms with Crippen molar-refractivity contribution in [2.45, 2.75) is 77.2 Å². The molecule has 0 aromatic carbocycles. The van der Waals surface area contributed by atoms with Gasteiger partial charge in [-0.05, 0) is 31.6 Å². The first-order valence-corrected chi connectivity index (χ1v) is 9.77. The van der Waals surface area contributed by atoms with Crippen molar-refractivity contribution in [1.82, 2.24) is 15.0 Å². The number of amides is 1. The van der Waals surface area contributed by atoms with Gasteiger partial charge < -0.3 is 14.2 Å². The maximum atomic E-state index is 12.6. The molecule has 1 aromatic heterocycles. The Labute approximate surface area is 150 Å². The lowest BCUT2D eigenvalue weighted by Crippen LogP contribution is -2.42. The summed E-state index contributed by atoms with van der Waals surface area (Å²) in [6.07, 6.45) is 7.00. The Morgan fingerprint density at radius 2 is 2.08 bits per heavy atom. The van der Waals surface area contributed by atoms with Crippen LogP contribution in [0.4, 0.5) is 0 Å². The maximum Gasteiger partial charge on any atom is 0.248 e. The third kappa shape index (κ3) is 4.60. The summed E-state index contributed by atoms with van der Waals surface area (Å²) in [5.74, 6) is 2.46. The summed E-state index contributed by atoms with van der Waals surface area (Å²) in [5.41, 5.74) is 0. The van der Waals surface area contributed by atoms with E-state index >= 15 is 0 Å². The molecule has 0 unspecified atom stereocenters. The lowest BCUT2D eigenvalue weighted by molar-refractivity contribution is -0.141. The summed E-state index contributed by atoms with van der Waals surface area (Å²) < 4.78 is 11.3. The van der Waals surface area contributed by atoms with Gasteiger partial charge in [-0.3, -0.25) is 4.79 Å². The van der Waals surface area contributed by atoms with Crippen molar-refractivity contribution in [3.63, 3.8) is 0 Å². The molecule has 0 spiro atoms. The highest BCUT2D eigenvalue weighted by Crippen LogP contribution is 2.28. The van der Waals surface area contributed by atoms with Crippen LogP contribution in [0.3, 0.4) is 0 Å². The average molecular weight is 349 g/mol. The molecule has 140 valence electrons. The summed E-state index contributed by atoms with van der Waals surface area (Å²) >= 11 is 0. The van der Waals surface area contributed by atoms with Gasteiger partial charge in [0.05, 0.1) is 6.10 Å². The Kier molecular flexibility index (Phi) is 6.10. The number of carbonyl (C=O) groups is 1. The van der Waals surface area contributed by atoms with Gasteiger partial charge in [0.1, 0.15) is 6.61 Å². The van der Waals surface area contributed by atoms with Crippen molar-refractivity contribution in [1.29, 1.82) is 0 Å². The van der Waals surface area contributed by atoms with Crippen LogP contribution in [0.15, 0.2) is 4.52 Å². The largest absolute Gasteiger partial charge is 0.368 e. The molecule has 1 saturated heterocycles. The molecule has 3 atom stereocenters. The highest BCUT2D eigenvalue weighted by atomic mass is 16.5. The number of nitrogens with zero attached hydrogens (tertiary/aromatic N) is 3. The van der Waals surface area contributed by atoms with Crippen molar-refractivity contribution < 1.29 is 14.1 Å². The second-order valence-corrected chi connectivity index (χ2v) is 7.94. The zero-order valence-electron chi connectivity index (χ0n) is 15.7. The van der Waals surface area contributed by atoms with Gasteiger partial charge in [-0.1, -0.05) is 38.8 Å². The number of hydrogen-bond acceptors (Lipinski definition) is 5. The van der Waals surface area contributed by atoms with Gasteiger partial charge in [0.25, 0.3) is 0 Å². The molecule has 2 aliphatic rings. The van der Waals surface area contributed by atoms with E-state index in [0.29, 0.717) is 18.4 Å². The van der Waals surface area contributed by atoms with Gasteiger partial charge in [-0.2, -0.15) is 4.98 Å². The van der Waals surface area contributed by atoms with E-state index < -0.39 is 0 Å². The number of likely N-dealkylation sites (tertiary alicyclic amines) is 1. The Morgan fingerprint density at radius 3 is 2.80 bits per heavy atom. The zero-order valence-corrected chi connectivity index (χ0v) is 15.7. The molecule has 1 aliphatic heterocycles. The van der Waals surface area contributed by atoms with Crippen LogP contribution in [0.25, 0.3) is 0 Å². The summed E-state index contributed by atoms with van der Waals surface area (Å²) in [5, 5.41) is 4.13. The van der Waals surface area contributed by atoms with E-state index in [1.165, 1.54) is 19.3 Å². The molecule has 0 bridgehead atoms. The molecule has 3 rings (SSSR count). The number of hydrogen-bond donors (Lipinski definition) is 0. The average Bonchev–Trinajstić information content (AvgIpc) is 3.11. The van der Waals surface area contributed by atoms with Crippen molar-refractivity contribution in [3.05, 3.63) is 11.7 Å². The van der Waals surface area contributed by atoms with Crippen LogP contribution in [0, 0.1) is 5.92 Å². The summed E-state index contributed by atoms with van der Waals surface area (Å²) in [6.45, 7) is 7.97. The zero-order chi connectivity index (χ0) is 17.8. The molecule has 25 heavy (non-hydrogen) atoms. The quantitative estimate of drug-likeness (QED) is 0.814. The Balaban J connectivity index is 1.52. The minimum absolute atomic E-state index is 0.0926. The Hall–Kier alpha value is -1.43. The molecular formula is C19H31N3O3. The van der Waals surface area contributed by atoms with E-state index in [-0.39, 0.29) is 30.5 Å². The molecular weight excluding hydrogens is 318 g/mol. The molecule has 6 heteroatoms. The molecule has 1 aromatic rings. The first kappa shape index (κ1) is 18.4. The van der Waals surface area contributed by atoms with Crippen LogP contribution in [0.2, 0.25) is 0 Å². The topological polar surface area (TPSA) is 68.5 Å². The lowest BCUT2D eigenvalue weighted by atomic mass is 9.88. The van der Waals surface area contributed by atoms with Gasteiger partial charge in [-0.25, -0.2) is 0 Å². The molecule has 2 heterocycles. The fourth-order valence-electron chi connectivity index (χ4n) is 3.86. The van der Waals surface area contributed by atoms with E-state index in [1.807, 2.05) is 18.7 Å². The standard InChI is InChI=1S/C19H31N3O3/c1-13(2)19-20-18(21-25-19)15-8-6-10-22(11-15)17(23)12-24-16-9-5-4-7-14(16)3/h13-16H,4-12H2,1-3H3/t14-,15-,16-/m1/s1. The van der Waals surface area contributed by atoms with Crippen molar-refractivity contribution >= 4 is 5.91 Å². The molecule has 2 fully saturated rings. The third-order valence-corrected chi connectivity index (χ3v) is 5.54. The van der Waals surface area contributed by atoms with Gasteiger partial charge in [0, 0.05) is 24.9 Å². The second-order valence-electron chi connectivity index (χ2n) is 7.94. The van der Waals surface area contributed by atoms with E-state index in [9.17, 15) is 4.79 Å². The molecule has 1 amide bonds. The second kappa shape index (κ2) is 8.30. The van der Waals surface area contributed by atoms with Gasteiger partial charge in [0.15, 0.2) is 5.82 Å². The molecule has 0 N–H and O–H groups in total.